The third kappa shape index (κ3) is 4.16. The van der Waals surface area contributed by atoms with Crippen LogP contribution in [0.15, 0.2) is 42.6 Å². The maximum Gasteiger partial charge on any atom is 0.337 e. The first kappa shape index (κ1) is 21.8. The number of carbonyl (C=O) groups excluding carboxylic acids is 2. The van der Waals surface area contributed by atoms with E-state index in [0.717, 1.165) is 30.1 Å². The molecule has 0 atom stereocenters. The van der Waals surface area contributed by atoms with E-state index in [4.69, 9.17) is 0 Å². The van der Waals surface area contributed by atoms with Gasteiger partial charge < -0.3 is 14.5 Å². The zero-order valence-corrected chi connectivity index (χ0v) is 18.4. The number of methoxy groups -OCH3 is 1. The summed E-state index contributed by atoms with van der Waals surface area (Å²) < 4.78 is 21.3. The Labute approximate surface area is 185 Å². The maximum absolute atomic E-state index is 14.9. The topological polar surface area (TPSA) is 70.9 Å². The van der Waals surface area contributed by atoms with Crippen LogP contribution in [-0.4, -0.2) is 71.9 Å². The molecule has 1 aromatic heterocycles. The number of nitrogens with zero attached hydrogens (tertiary/aromatic N) is 5. The highest BCUT2D eigenvalue weighted by molar-refractivity contribution is 6.01. The number of aromatic nitrogens is 2. The fourth-order valence-electron chi connectivity index (χ4n) is 3.94. The van der Waals surface area contributed by atoms with Crippen LogP contribution < -0.4 is 4.90 Å². The summed E-state index contributed by atoms with van der Waals surface area (Å²) in [5, 5.41) is 5.21. The minimum absolute atomic E-state index is 0.0166. The summed E-state index contributed by atoms with van der Waals surface area (Å²) in [7, 11) is 5.09. The molecule has 2 aromatic carbocycles. The molecule has 0 bridgehead atoms. The molecule has 3 aromatic rings. The van der Waals surface area contributed by atoms with Gasteiger partial charge in [-0.25, -0.2) is 14.0 Å². The smallest absolute Gasteiger partial charge is 0.337 e. The average molecular weight is 439 g/mol. The standard InChI is InChI=1S/C23H26FN5O3/c1-26-9-11-28(12-10-26)23(31)29(20-6-4-5-17-14-25-27(2)21(17)20)15-18-8-7-16(13-19(18)24)22(30)32-3/h4-8,13-14H,9-12,15H2,1-3H3. The van der Waals surface area contributed by atoms with Crippen molar-refractivity contribution in [2.75, 3.05) is 45.2 Å². The summed E-state index contributed by atoms with van der Waals surface area (Å²) in [5.74, 6) is -1.18. The average Bonchev–Trinajstić information content (AvgIpc) is 3.19. The molecule has 1 fully saturated rings. The van der Waals surface area contributed by atoms with E-state index in [-0.39, 0.29) is 18.1 Å². The molecule has 0 radical (unpaired) electrons. The van der Waals surface area contributed by atoms with E-state index in [0.29, 0.717) is 24.3 Å². The quantitative estimate of drug-likeness (QED) is 0.585. The van der Waals surface area contributed by atoms with Crippen LogP contribution in [0.3, 0.4) is 0 Å². The number of hydrogen-bond acceptors (Lipinski definition) is 5. The molecule has 2 heterocycles. The first-order valence-electron chi connectivity index (χ1n) is 10.4. The number of esters is 1. The van der Waals surface area contributed by atoms with E-state index in [2.05, 4.69) is 14.7 Å². The molecule has 32 heavy (non-hydrogen) atoms. The maximum atomic E-state index is 14.9. The second-order valence-corrected chi connectivity index (χ2v) is 7.94. The van der Waals surface area contributed by atoms with Gasteiger partial charge in [-0.05, 0) is 25.2 Å². The summed E-state index contributed by atoms with van der Waals surface area (Å²) in [4.78, 5) is 30.9. The molecular weight excluding hydrogens is 413 g/mol. The number of hydrogen-bond donors (Lipinski definition) is 0. The lowest BCUT2D eigenvalue weighted by molar-refractivity contribution is 0.0600. The zero-order chi connectivity index (χ0) is 22.8. The van der Waals surface area contributed by atoms with Gasteiger partial charge in [-0.3, -0.25) is 9.58 Å². The van der Waals surface area contributed by atoms with Crippen molar-refractivity contribution in [3.63, 3.8) is 0 Å². The van der Waals surface area contributed by atoms with Gasteiger partial charge in [0.25, 0.3) is 0 Å². The molecule has 168 valence electrons. The van der Waals surface area contributed by atoms with Gasteiger partial charge in [-0.2, -0.15) is 5.10 Å². The van der Waals surface area contributed by atoms with Gasteiger partial charge in [-0.15, -0.1) is 0 Å². The summed E-state index contributed by atoms with van der Waals surface area (Å²) in [6, 6.07) is 9.62. The highest BCUT2D eigenvalue weighted by Gasteiger charge is 2.28. The lowest BCUT2D eigenvalue weighted by atomic mass is 10.1. The van der Waals surface area contributed by atoms with Crippen LogP contribution in [0.1, 0.15) is 15.9 Å². The van der Waals surface area contributed by atoms with Crippen molar-refractivity contribution in [3.8, 4) is 0 Å². The fraction of sp³-hybridized carbons (Fsp3) is 0.348. The molecule has 0 aliphatic carbocycles. The molecule has 0 saturated carbocycles. The van der Waals surface area contributed by atoms with Gasteiger partial charge in [0.05, 0.1) is 36.6 Å². The Morgan fingerprint density at radius 3 is 2.56 bits per heavy atom. The predicted octanol–water partition coefficient (Wildman–Crippen LogP) is 2.87. The molecule has 1 saturated heterocycles. The van der Waals surface area contributed by atoms with E-state index in [1.807, 2.05) is 32.3 Å². The van der Waals surface area contributed by atoms with Gasteiger partial charge >= 0.3 is 12.0 Å². The Morgan fingerprint density at radius 2 is 1.88 bits per heavy atom. The Morgan fingerprint density at radius 1 is 1.12 bits per heavy atom. The van der Waals surface area contributed by atoms with Crippen molar-refractivity contribution >= 4 is 28.6 Å². The van der Waals surface area contributed by atoms with Crippen molar-refractivity contribution in [2.24, 2.45) is 7.05 Å². The number of anilines is 1. The SMILES string of the molecule is COC(=O)c1ccc(CN(C(=O)N2CCN(C)CC2)c2cccc3cnn(C)c23)c(F)c1. The molecule has 4 rings (SSSR count). The van der Waals surface area contributed by atoms with Gasteiger partial charge in [0, 0.05) is 44.2 Å². The van der Waals surface area contributed by atoms with Crippen molar-refractivity contribution in [2.45, 2.75) is 6.54 Å². The van der Waals surface area contributed by atoms with Crippen LogP contribution in [0.4, 0.5) is 14.9 Å². The number of amides is 2. The normalized spacial score (nSPS) is 14.6. The predicted molar refractivity (Wildman–Crippen MR) is 119 cm³/mol. The van der Waals surface area contributed by atoms with Crippen LogP contribution in [0.5, 0.6) is 0 Å². The number of rotatable bonds is 4. The molecular formula is C23H26FN5O3. The number of ether oxygens (including phenoxy) is 1. The molecule has 0 N–H and O–H groups in total. The lowest BCUT2D eigenvalue weighted by Crippen LogP contribution is -2.52. The van der Waals surface area contributed by atoms with Crippen molar-refractivity contribution < 1.29 is 18.7 Å². The number of fused-ring (bicyclic) bond motifs is 1. The molecule has 0 unspecified atom stereocenters. The Hall–Kier alpha value is -3.46. The van der Waals surface area contributed by atoms with Crippen LogP contribution in [0.2, 0.25) is 0 Å². The van der Waals surface area contributed by atoms with Gasteiger partial charge in [-0.1, -0.05) is 18.2 Å². The van der Waals surface area contributed by atoms with Crippen molar-refractivity contribution in [3.05, 3.63) is 59.5 Å². The van der Waals surface area contributed by atoms with Crippen molar-refractivity contribution in [1.29, 1.82) is 0 Å². The summed E-state index contributed by atoms with van der Waals surface area (Å²) >= 11 is 0. The van der Waals surface area contributed by atoms with Crippen LogP contribution >= 0.6 is 0 Å². The van der Waals surface area contributed by atoms with E-state index in [9.17, 15) is 14.0 Å². The molecule has 2 amide bonds. The Bertz CT molecular complexity index is 1150. The third-order valence-electron chi connectivity index (χ3n) is 5.84. The zero-order valence-electron chi connectivity index (χ0n) is 18.4. The summed E-state index contributed by atoms with van der Waals surface area (Å²) in [5.41, 5.74) is 1.88. The number of piperazine rings is 1. The van der Waals surface area contributed by atoms with Crippen LogP contribution in [-0.2, 0) is 18.3 Å². The molecule has 1 aliphatic heterocycles. The number of urea groups is 1. The van der Waals surface area contributed by atoms with Gasteiger partial charge in [0.1, 0.15) is 5.82 Å². The second-order valence-electron chi connectivity index (χ2n) is 7.94. The number of aryl methyl sites for hydroxylation is 1. The Kier molecular flexibility index (Phi) is 6.09. The highest BCUT2D eigenvalue weighted by Crippen LogP contribution is 2.29. The van der Waals surface area contributed by atoms with E-state index in [1.54, 1.807) is 20.7 Å². The fourth-order valence-corrected chi connectivity index (χ4v) is 3.94. The number of halogens is 1. The second kappa shape index (κ2) is 8.96. The Balaban J connectivity index is 1.73. The summed E-state index contributed by atoms with van der Waals surface area (Å²) in [6.07, 6.45) is 1.74. The molecule has 1 aliphatic rings. The molecule has 0 spiro atoms. The minimum atomic E-state index is -0.611. The van der Waals surface area contributed by atoms with Gasteiger partial charge in [0.2, 0.25) is 0 Å². The first-order chi connectivity index (χ1) is 15.4. The number of benzene rings is 2. The van der Waals surface area contributed by atoms with Crippen LogP contribution in [0.25, 0.3) is 10.9 Å². The number of para-hydroxylation sites is 1. The largest absolute Gasteiger partial charge is 0.465 e. The van der Waals surface area contributed by atoms with Crippen molar-refractivity contribution in [1.82, 2.24) is 19.6 Å². The minimum Gasteiger partial charge on any atom is -0.465 e. The highest BCUT2D eigenvalue weighted by atomic mass is 19.1. The monoisotopic (exact) mass is 439 g/mol. The number of likely N-dealkylation sites (N-methyl/N-ethyl adjacent to an activating group) is 1. The lowest BCUT2D eigenvalue weighted by Gasteiger charge is -2.36. The van der Waals surface area contributed by atoms with Crippen LogP contribution in [0, 0.1) is 5.82 Å². The number of carbonyl (C=O) groups is 2. The first-order valence-corrected chi connectivity index (χ1v) is 10.4. The third-order valence-corrected chi connectivity index (χ3v) is 5.84. The molecule has 9 heteroatoms. The van der Waals surface area contributed by atoms with E-state index >= 15 is 0 Å². The molecule has 8 nitrogen and oxygen atoms in total. The van der Waals surface area contributed by atoms with E-state index < -0.39 is 11.8 Å². The van der Waals surface area contributed by atoms with E-state index in [1.165, 1.54) is 19.2 Å². The summed E-state index contributed by atoms with van der Waals surface area (Å²) in [6.45, 7) is 2.76. The van der Waals surface area contributed by atoms with Gasteiger partial charge in [0.15, 0.2) is 0 Å².